The van der Waals surface area contributed by atoms with Gasteiger partial charge in [-0.05, 0) is 54.1 Å². The van der Waals surface area contributed by atoms with Crippen LogP contribution in [0.3, 0.4) is 0 Å². The largest absolute Gasteiger partial charge is 0.306 e. The van der Waals surface area contributed by atoms with Gasteiger partial charge in [-0.2, -0.15) is 0 Å². The second kappa shape index (κ2) is 7.02. The lowest BCUT2D eigenvalue weighted by atomic mass is 9.97. The third kappa shape index (κ3) is 4.19. The van der Waals surface area contributed by atoms with Gasteiger partial charge in [0.15, 0.2) is 11.1 Å². The SMILES string of the molecule is CCCCc1cc(C)c(C(=O)Cl)cc1CS(=O)O. The monoisotopic (exact) mass is 288 g/mol. The molecule has 1 rings (SSSR count). The number of benzene rings is 1. The molecule has 0 aliphatic rings. The molecule has 5 heteroatoms. The topological polar surface area (TPSA) is 54.4 Å². The lowest BCUT2D eigenvalue weighted by Gasteiger charge is -2.11. The minimum Gasteiger partial charge on any atom is -0.306 e. The molecule has 18 heavy (non-hydrogen) atoms. The van der Waals surface area contributed by atoms with Crippen LogP contribution in [-0.2, 0) is 23.3 Å². The van der Waals surface area contributed by atoms with Crippen LogP contribution in [0.5, 0.6) is 0 Å². The Bertz CT molecular complexity index is 472. The van der Waals surface area contributed by atoms with Gasteiger partial charge in [0.25, 0.3) is 5.24 Å². The highest BCUT2D eigenvalue weighted by molar-refractivity contribution is 7.78. The predicted octanol–water partition coefficient (Wildman–Crippen LogP) is 3.44. The van der Waals surface area contributed by atoms with Crippen LogP contribution < -0.4 is 0 Å². The first kappa shape index (κ1) is 15.3. The summed E-state index contributed by atoms with van der Waals surface area (Å²) in [6.07, 6.45) is 2.91. The van der Waals surface area contributed by atoms with Gasteiger partial charge < -0.3 is 4.55 Å². The Balaban J connectivity index is 3.18. The van der Waals surface area contributed by atoms with E-state index in [-0.39, 0.29) is 5.75 Å². The van der Waals surface area contributed by atoms with Crippen LogP contribution >= 0.6 is 11.6 Å². The average molecular weight is 289 g/mol. The van der Waals surface area contributed by atoms with Crippen LogP contribution in [-0.4, -0.2) is 14.0 Å². The molecule has 0 radical (unpaired) electrons. The smallest absolute Gasteiger partial charge is 0.252 e. The molecule has 0 saturated heterocycles. The zero-order valence-corrected chi connectivity index (χ0v) is 12.1. The Labute approximate surface area is 115 Å². The number of rotatable bonds is 6. The number of unbranched alkanes of at least 4 members (excludes halogenated alkanes) is 1. The highest BCUT2D eigenvalue weighted by Crippen LogP contribution is 2.21. The maximum Gasteiger partial charge on any atom is 0.252 e. The lowest BCUT2D eigenvalue weighted by molar-refractivity contribution is 0.108. The molecule has 3 nitrogen and oxygen atoms in total. The standard InChI is InChI=1S/C13H17ClO3S/c1-3-4-5-10-6-9(2)12(13(14)15)7-11(10)8-18(16)17/h6-7H,3-5,8H2,1-2H3,(H,16,17). The molecule has 0 aliphatic heterocycles. The van der Waals surface area contributed by atoms with Gasteiger partial charge in [-0.25, -0.2) is 4.21 Å². The van der Waals surface area contributed by atoms with E-state index in [1.54, 1.807) is 6.07 Å². The molecule has 0 fully saturated rings. The van der Waals surface area contributed by atoms with Crippen molar-refractivity contribution in [2.45, 2.75) is 38.9 Å². The van der Waals surface area contributed by atoms with Crippen LogP contribution in [0.4, 0.5) is 0 Å². The zero-order valence-electron chi connectivity index (χ0n) is 10.5. The van der Waals surface area contributed by atoms with Crippen molar-refractivity contribution in [3.05, 3.63) is 34.4 Å². The summed E-state index contributed by atoms with van der Waals surface area (Å²) in [5.74, 6) is 0.0382. The van der Waals surface area contributed by atoms with Crippen LogP contribution in [0, 0.1) is 6.92 Å². The number of halogens is 1. The summed E-state index contributed by atoms with van der Waals surface area (Å²) >= 11 is 3.58. The molecular formula is C13H17ClO3S. The third-order valence-corrected chi connectivity index (χ3v) is 3.60. The molecule has 1 atom stereocenters. The molecule has 0 saturated carbocycles. The van der Waals surface area contributed by atoms with Crippen molar-refractivity contribution in [3.8, 4) is 0 Å². The summed E-state index contributed by atoms with van der Waals surface area (Å²) in [6, 6.07) is 3.54. The quantitative estimate of drug-likeness (QED) is 0.644. The van der Waals surface area contributed by atoms with Crippen molar-refractivity contribution in [1.29, 1.82) is 0 Å². The fourth-order valence-corrected chi connectivity index (χ4v) is 2.63. The van der Waals surface area contributed by atoms with E-state index in [4.69, 9.17) is 16.2 Å². The summed E-state index contributed by atoms with van der Waals surface area (Å²) in [5, 5.41) is -0.528. The molecule has 1 unspecified atom stereocenters. The fraction of sp³-hybridized carbons (Fsp3) is 0.462. The Kier molecular flexibility index (Phi) is 5.99. The molecule has 0 spiro atoms. The summed E-state index contributed by atoms with van der Waals surface area (Å²) in [5.41, 5.74) is 2.99. The van der Waals surface area contributed by atoms with E-state index >= 15 is 0 Å². The van der Waals surface area contributed by atoms with E-state index in [1.807, 2.05) is 13.0 Å². The molecule has 0 aliphatic carbocycles. The fourth-order valence-electron chi connectivity index (χ4n) is 1.89. The van der Waals surface area contributed by atoms with Crippen molar-refractivity contribution in [2.24, 2.45) is 0 Å². The number of hydrogen-bond donors (Lipinski definition) is 1. The highest BCUT2D eigenvalue weighted by atomic mass is 35.5. The van der Waals surface area contributed by atoms with E-state index in [1.165, 1.54) is 0 Å². The van der Waals surface area contributed by atoms with Gasteiger partial charge in [-0.3, -0.25) is 4.79 Å². The molecule has 0 amide bonds. The van der Waals surface area contributed by atoms with Gasteiger partial charge in [0.1, 0.15) is 0 Å². The molecular weight excluding hydrogens is 272 g/mol. The number of carbonyl (C=O) groups is 1. The Morgan fingerprint density at radius 2 is 2.06 bits per heavy atom. The Morgan fingerprint density at radius 1 is 1.39 bits per heavy atom. The first-order valence-corrected chi connectivity index (χ1v) is 7.50. The summed E-state index contributed by atoms with van der Waals surface area (Å²) in [7, 11) is 0. The van der Waals surface area contributed by atoms with E-state index in [2.05, 4.69) is 6.92 Å². The molecule has 100 valence electrons. The maximum atomic E-state index is 11.3. The van der Waals surface area contributed by atoms with Crippen molar-refractivity contribution in [1.82, 2.24) is 0 Å². The summed E-state index contributed by atoms with van der Waals surface area (Å²) in [4.78, 5) is 11.3. The molecule has 0 aromatic heterocycles. The lowest BCUT2D eigenvalue weighted by Crippen LogP contribution is -2.04. The van der Waals surface area contributed by atoms with Crippen molar-refractivity contribution >= 4 is 27.9 Å². The van der Waals surface area contributed by atoms with E-state index in [9.17, 15) is 9.00 Å². The van der Waals surface area contributed by atoms with Crippen LogP contribution in [0.1, 0.15) is 46.8 Å². The van der Waals surface area contributed by atoms with Gasteiger partial charge in [0.2, 0.25) is 0 Å². The normalized spacial score (nSPS) is 12.4. The molecule has 1 aromatic carbocycles. The minimum absolute atomic E-state index is 0.0382. The molecule has 1 N–H and O–H groups in total. The molecule has 0 heterocycles. The van der Waals surface area contributed by atoms with Crippen LogP contribution in [0.2, 0.25) is 0 Å². The van der Waals surface area contributed by atoms with Gasteiger partial charge in [-0.1, -0.05) is 19.4 Å². The minimum atomic E-state index is -1.91. The molecule has 0 bridgehead atoms. The Hall–Kier alpha value is -0.710. The van der Waals surface area contributed by atoms with E-state index in [0.717, 1.165) is 36.0 Å². The first-order valence-electron chi connectivity index (χ1n) is 5.85. The van der Waals surface area contributed by atoms with Gasteiger partial charge in [0, 0.05) is 5.56 Å². The van der Waals surface area contributed by atoms with Crippen LogP contribution in [0.25, 0.3) is 0 Å². The third-order valence-electron chi connectivity index (χ3n) is 2.84. The van der Waals surface area contributed by atoms with Gasteiger partial charge >= 0.3 is 0 Å². The number of aryl methyl sites for hydroxylation is 2. The number of carbonyl (C=O) groups excluding carboxylic acids is 1. The second-order valence-electron chi connectivity index (χ2n) is 4.28. The van der Waals surface area contributed by atoms with Crippen molar-refractivity contribution in [3.63, 3.8) is 0 Å². The van der Waals surface area contributed by atoms with E-state index in [0.29, 0.717) is 5.56 Å². The van der Waals surface area contributed by atoms with Crippen molar-refractivity contribution in [2.75, 3.05) is 0 Å². The van der Waals surface area contributed by atoms with Gasteiger partial charge in [0.05, 0.1) is 5.75 Å². The maximum absolute atomic E-state index is 11.3. The zero-order chi connectivity index (χ0) is 13.7. The van der Waals surface area contributed by atoms with Crippen LogP contribution in [0.15, 0.2) is 12.1 Å². The summed E-state index contributed by atoms with van der Waals surface area (Å²) in [6.45, 7) is 3.91. The van der Waals surface area contributed by atoms with Crippen molar-refractivity contribution < 1.29 is 13.6 Å². The Morgan fingerprint density at radius 3 is 2.56 bits per heavy atom. The predicted molar refractivity (Wildman–Crippen MR) is 74.4 cm³/mol. The second-order valence-corrected chi connectivity index (χ2v) is 5.55. The first-order chi connectivity index (χ1) is 8.45. The van der Waals surface area contributed by atoms with Gasteiger partial charge in [-0.15, -0.1) is 0 Å². The van der Waals surface area contributed by atoms with E-state index < -0.39 is 16.3 Å². The summed E-state index contributed by atoms with van der Waals surface area (Å²) < 4.78 is 20.0. The average Bonchev–Trinajstić information content (AvgIpc) is 2.28. The number of hydrogen-bond acceptors (Lipinski definition) is 2. The molecule has 1 aromatic rings. The highest BCUT2D eigenvalue weighted by Gasteiger charge is 2.13.